The van der Waals surface area contributed by atoms with Gasteiger partial charge in [0, 0.05) is 16.7 Å². The van der Waals surface area contributed by atoms with Crippen LogP contribution in [0, 0.1) is 0 Å². The highest BCUT2D eigenvalue weighted by Crippen LogP contribution is 2.58. The van der Waals surface area contributed by atoms with Crippen molar-refractivity contribution >= 4 is 0 Å². The summed E-state index contributed by atoms with van der Waals surface area (Å²) in [6.07, 6.45) is 2.30. The number of rotatable bonds is 6. The molecule has 0 aliphatic heterocycles. The van der Waals surface area contributed by atoms with Gasteiger partial charge in [0.1, 0.15) is 0 Å². The summed E-state index contributed by atoms with van der Waals surface area (Å²) in [7, 11) is 0. The Balaban J connectivity index is 1.22. The molecule has 10 rings (SSSR count). The standard InChI is InChI=1S/C54H45N3/c1-52(2)33-34-53(3,4)47-35-39(31-32-45(47)52)50-55-49(38-29-27-37(28-30-38)36-17-8-5-9-18-36)56-51(57-50)43-24-16-26-46-48(43)42-23-14-15-25-44(42)54(46,40-19-10-6-11-20-40)41-21-12-7-13-22-41/h5-32,35H,33-34H2,1-4H3. The molecule has 1 heterocycles. The van der Waals surface area contributed by atoms with Crippen LogP contribution in [0.3, 0.4) is 0 Å². The fourth-order valence-corrected chi connectivity index (χ4v) is 9.60. The summed E-state index contributed by atoms with van der Waals surface area (Å²) in [5, 5.41) is 0. The molecule has 8 aromatic rings. The molecular weight excluding hydrogens is 691 g/mol. The van der Waals surface area contributed by atoms with E-state index in [0.717, 1.165) is 34.2 Å². The van der Waals surface area contributed by atoms with Gasteiger partial charge < -0.3 is 0 Å². The lowest BCUT2D eigenvalue weighted by Gasteiger charge is -2.42. The largest absolute Gasteiger partial charge is 0.208 e. The van der Waals surface area contributed by atoms with Gasteiger partial charge in [-0.2, -0.15) is 0 Å². The Kier molecular flexibility index (Phi) is 8.19. The number of fused-ring (bicyclic) bond motifs is 4. The highest BCUT2D eigenvalue weighted by molar-refractivity contribution is 5.94. The van der Waals surface area contributed by atoms with Crippen molar-refractivity contribution in [3.63, 3.8) is 0 Å². The Morgan fingerprint density at radius 3 is 1.49 bits per heavy atom. The summed E-state index contributed by atoms with van der Waals surface area (Å²) >= 11 is 0. The molecule has 3 heteroatoms. The van der Waals surface area contributed by atoms with Gasteiger partial charge >= 0.3 is 0 Å². The van der Waals surface area contributed by atoms with Gasteiger partial charge in [-0.25, -0.2) is 15.0 Å². The average Bonchev–Trinajstić information content (AvgIpc) is 3.57. The predicted molar refractivity (Wildman–Crippen MR) is 234 cm³/mol. The van der Waals surface area contributed by atoms with Crippen molar-refractivity contribution in [2.75, 3.05) is 0 Å². The lowest BCUT2D eigenvalue weighted by atomic mass is 9.63. The smallest absolute Gasteiger partial charge is 0.164 e. The zero-order chi connectivity index (χ0) is 38.8. The first kappa shape index (κ1) is 35.0. The number of hydrogen-bond acceptors (Lipinski definition) is 3. The zero-order valence-electron chi connectivity index (χ0n) is 33.0. The van der Waals surface area contributed by atoms with Crippen LogP contribution in [0.25, 0.3) is 56.4 Å². The van der Waals surface area contributed by atoms with Gasteiger partial charge in [0.05, 0.1) is 5.41 Å². The quantitative estimate of drug-likeness (QED) is 0.171. The molecule has 57 heavy (non-hydrogen) atoms. The van der Waals surface area contributed by atoms with Crippen LogP contribution in [-0.2, 0) is 16.2 Å². The molecule has 0 saturated carbocycles. The SMILES string of the molecule is CC1(C)CCC(C)(C)c2cc(-c3nc(-c4ccc(-c5ccccc5)cc4)nc(-c4cccc5c4-c4ccccc4C5(c4ccccc4)c4ccccc4)n3)ccc21. The molecule has 2 aliphatic rings. The third-order valence-electron chi connectivity index (χ3n) is 12.7. The van der Waals surface area contributed by atoms with Gasteiger partial charge in [-0.3, -0.25) is 0 Å². The minimum atomic E-state index is -0.521. The molecule has 0 bridgehead atoms. The number of benzene rings is 7. The minimum absolute atomic E-state index is 0.0506. The second-order valence-electron chi connectivity index (χ2n) is 17.0. The molecule has 0 unspecified atom stereocenters. The van der Waals surface area contributed by atoms with Gasteiger partial charge in [0.25, 0.3) is 0 Å². The van der Waals surface area contributed by atoms with E-state index in [1.54, 1.807) is 0 Å². The second kappa shape index (κ2) is 13.3. The van der Waals surface area contributed by atoms with Gasteiger partial charge in [-0.05, 0) is 85.4 Å². The van der Waals surface area contributed by atoms with Crippen molar-refractivity contribution in [3.8, 4) is 56.4 Å². The van der Waals surface area contributed by atoms with Gasteiger partial charge in [-0.15, -0.1) is 0 Å². The fourth-order valence-electron chi connectivity index (χ4n) is 9.60. The molecule has 0 amide bonds. The van der Waals surface area contributed by atoms with Gasteiger partial charge in [-0.1, -0.05) is 198 Å². The monoisotopic (exact) mass is 735 g/mol. The van der Waals surface area contributed by atoms with Crippen LogP contribution in [0.1, 0.15) is 73.9 Å². The molecule has 0 atom stereocenters. The van der Waals surface area contributed by atoms with Gasteiger partial charge in [0.15, 0.2) is 17.5 Å². The number of nitrogens with zero attached hydrogens (tertiary/aromatic N) is 3. The van der Waals surface area contributed by atoms with E-state index in [2.05, 4.69) is 204 Å². The molecule has 0 saturated heterocycles. The minimum Gasteiger partial charge on any atom is -0.208 e. The van der Waals surface area contributed by atoms with Crippen LogP contribution in [0.5, 0.6) is 0 Å². The predicted octanol–water partition coefficient (Wildman–Crippen LogP) is 13.3. The lowest BCUT2D eigenvalue weighted by molar-refractivity contribution is 0.332. The van der Waals surface area contributed by atoms with Crippen LogP contribution in [0.2, 0.25) is 0 Å². The molecule has 7 aromatic carbocycles. The van der Waals surface area contributed by atoms with Crippen molar-refractivity contribution in [1.82, 2.24) is 15.0 Å². The second-order valence-corrected chi connectivity index (χ2v) is 17.0. The van der Waals surface area contributed by atoms with Crippen molar-refractivity contribution in [2.24, 2.45) is 0 Å². The highest BCUT2D eigenvalue weighted by Gasteiger charge is 2.47. The summed E-state index contributed by atoms with van der Waals surface area (Å²) in [4.78, 5) is 16.1. The van der Waals surface area contributed by atoms with E-state index in [0.29, 0.717) is 17.5 Å². The molecule has 3 nitrogen and oxygen atoms in total. The fraction of sp³-hybridized carbons (Fsp3) is 0.167. The summed E-state index contributed by atoms with van der Waals surface area (Å²) in [5.74, 6) is 2.02. The molecule has 0 spiro atoms. The molecular formula is C54H45N3. The molecule has 2 aliphatic carbocycles. The van der Waals surface area contributed by atoms with Crippen molar-refractivity contribution in [1.29, 1.82) is 0 Å². The van der Waals surface area contributed by atoms with Crippen molar-refractivity contribution in [2.45, 2.75) is 56.8 Å². The average molecular weight is 736 g/mol. The maximum absolute atomic E-state index is 5.42. The van der Waals surface area contributed by atoms with Crippen LogP contribution >= 0.6 is 0 Å². The van der Waals surface area contributed by atoms with Gasteiger partial charge in [0.2, 0.25) is 0 Å². The maximum Gasteiger partial charge on any atom is 0.164 e. The van der Waals surface area contributed by atoms with Crippen LogP contribution < -0.4 is 0 Å². The number of aromatic nitrogens is 3. The van der Waals surface area contributed by atoms with E-state index in [1.165, 1.54) is 50.9 Å². The summed E-state index contributed by atoms with van der Waals surface area (Å²) in [6, 6.07) is 63.5. The van der Waals surface area contributed by atoms with Crippen molar-refractivity contribution in [3.05, 3.63) is 209 Å². The van der Waals surface area contributed by atoms with E-state index in [9.17, 15) is 0 Å². The summed E-state index contributed by atoms with van der Waals surface area (Å²) in [6.45, 7) is 9.50. The molecule has 0 N–H and O–H groups in total. The zero-order valence-corrected chi connectivity index (χ0v) is 33.0. The topological polar surface area (TPSA) is 38.7 Å². The van der Waals surface area contributed by atoms with Crippen LogP contribution in [0.15, 0.2) is 176 Å². The Hall–Kier alpha value is -6.45. The summed E-state index contributed by atoms with van der Waals surface area (Å²) in [5.41, 5.74) is 15.1. The molecule has 0 radical (unpaired) electrons. The molecule has 276 valence electrons. The molecule has 1 aromatic heterocycles. The summed E-state index contributed by atoms with van der Waals surface area (Å²) < 4.78 is 0. The first-order chi connectivity index (χ1) is 27.7. The van der Waals surface area contributed by atoms with E-state index < -0.39 is 5.41 Å². The third kappa shape index (κ3) is 5.67. The number of hydrogen-bond donors (Lipinski definition) is 0. The normalized spacial score (nSPS) is 15.6. The van der Waals surface area contributed by atoms with E-state index in [1.807, 2.05) is 0 Å². The first-order valence-electron chi connectivity index (χ1n) is 20.2. The highest BCUT2D eigenvalue weighted by atomic mass is 15.0. The van der Waals surface area contributed by atoms with E-state index >= 15 is 0 Å². The Morgan fingerprint density at radius 1 is 0.351 bits per heavy atom. The third-order valence-corrected chi connectivity index (χ3v) is 12.7. The Bertz CT molecular complexity index is 2730. The van der Waals surface area contributed by atoms with E-state index in [4.69, 9.17) is 15.0 Å². The van der Waals surface area contributed by atoms with Crippen molar-refractivity contribution < 1.29 is 0 Å². The van der Waals surface area contributed by atoms with Crippen LogP contribution in [0.4, 0.5) is 0 Å². The Labute approximate surface area is 336 Å². The Morgan fingerprint density at radius 2 is 0.825 bits per heavy atom. The lowest BCUT2D eigenvalue weighted by Crippen LogP contribution is -2.33. The molecule has 0 fully saturated rings. The van der Waals surface area contributed by atoms with Crippen LogP contribution in [-0.4, -0.2) is 15.0 Å². The first-order valence-corrected chi connectivity index (χ1v) is 20.2. The van der Waals surface area contributed by atoms with E-state index in [-0.39, 0.29) is 10.8 Å². The maximum atomic E-state index is 5.42.